The lowest BCUT2D eigenvalue weighted by atomic mass is 9.82. The fourth-order valence-corrected chi connectivity index (χ4v) is 5.25. The minimum atomic E-state index is -0.611. The van der Waals surface area contributed by atoms with E-state index in [1.807, 2.05) is 24.4 Å². The largest absolute Gasteiger partial charge is 0.497 e. The number of ether oxygens (including phenoxy) is 1. The zero-order chi connectivity index (χ0) is 23.4. The number of hydrogen-bond donors (Lipinski definition) is 0. The van der Waals surface area contributed by atoms with Gasteiger partial charge in [-0.1, -0.05) is 30.3 Å². The van der Waals surface area contributed by atoms with E-state index in [0.29, 0.717) is 17.8 Å². The molecule has 168 valence electrons. The van der Waals surface area contributed by atoms with Crippen molar-refractivity contribution >= 4 is 10.9 Å². The molecule has 0 saturated heterocycles. The van der Waals surface area contributed by atoms with E-state index in [9.17, 15) is 8.78 Å². The molecule has 6 rings (SSSR count). The van der Waals surface area contributed by atoms with Crippen molar-refractivity contribution in [2.75, 3.05) is 7.11 Å². The lowest BCUT2D eigenvalue weighted by Crippen LogP contribution is -2.20. The van der Waals surface area contributed by atoms with Crippen LogP contribution in [-0.2, 0) is 6.54 Å². The van der Waals surface area contributed by atoms with Crippen LogP contribution in [0, 0.1) is 18.6 Å². The Morgan fingerprint density at radius 2 is 1.68 bits per heavy atom. The number of rotatable bonds is 3. The molecule has 0 radical (unpaired) electrons. The highest BCUT2D eigenvalue weighted by molar-refractivity contribution is 5.86. The maximum Gasteiger partial charge on any atom is 0.126 e. The van der Waals surface area contributed by atoms with Crippen molar-refractivity contribution in [3.05, 3.63) is 119 Å². The molecule has 0 aliphatic carbocycles. The van der Waals surface area contributed by atoms with Gasteiger partial charge in [0.1, 0.15) is 17.4 Å². The standard InChI is InChI=1S/C29H22F2N2O/c1-17-24-5-3-4-6-27(24)33-16-20-13-26(19-11-21(30)14-22(31)12-19)32-15-25(20)28(29(17)33)18-7-9-23(34-2)10-8-18/h3-15,28H,16H2,1-2H3. The van der Waals surface area contributed by atoms with Crippen LogP contribution in [0.3, 0.4) is 0 Å². The van der Waals surface area contributed by atoms with Gasteiger partial charge in [-0.05, 0) is 65.6 Å². The lowest BCUT2D eigenvalue weighted by Gasteiger charge is -2.30. The van der Waals surface area contributed by atoms with Crippen LogP contribution in [0.25, 0.3) is 22.2 Å². The molecule has 0 saturated carbocycles. The monoisotopic (exact) mass is 452 g/mol. The Morgan fingerprint density at radius 3 is 2.41 bits per heavy atom. The fraction of sp³-hybridized carbons (Fsp3) is 0.138. The third kappa shape index (κ3) is 3.19. The number of benzene rings is 3. The van der Waals surface area contributed by atoms with Crippen molar-refractivity contribution in [3.8, 4) is 17.0 Å². The van der Waals surface area contributed by atoms with E-state index in [2.05, 4.69) is 52.9 Å². The summed E-state index contributed by atoms with van der Waals surface area (Å²) in [7, 11) is 1.66. The molecule has 0 fully saturated rings. The summed E-state index contributed by atoms with van der Waals surface area (Å²) in [6.45, 7) is 2.84. The van der Waals surface area contributed by atoms with Crippen molar-refractivity contribution in [2.24, 2.45) is 0 Å². The summed E-state index contributed by atoms with van der Waals surface area (Å²) in [6.07, 6.45) is 1.86. The Kier molecular flexibility index (Phi) is 4.73. The predicted molar refractivity (Wildman–Crippen MR) is 129 cm³/mol. The Morgan fingerprint density at radius 1 is 0.941 bits per heavy atom. The van der Waals surface area contributed by atoms with E-state index in [-0.39, 0.29) is 5.92 Å². The molecule has 5 aromatic rings. The minimum absolute atomic E-state index is 0.0205. The van der Waals surface area contributed by atoms with Crippen LogP contribution >= 0.6 is 0 Å². The first-order chi connectivity index (χ1) is 16.5. The van der Waals surface area contributed by atoms with E-state index in [1.54, 1.807) is 7.11 Å². The van der Waals surface area contributed by atoms with Gasteiger partial charge in [0.25, 0.3) is 0 Å². The minimum Gasteiger partial charge on any atom is -0.497 e. The Bertz CT molecular complexity index is 1530. The molecule has 2 aromatic heterocycles. The molecule has 5 heteroatoms. The van der Waals surface area contributed by atoms with E-state index in [1.165, 1.54) is 34.3 Å². The van der Waals surface area contributed by atoms with Crippen LogP contribution in [-0.4, -0.2) is 16.7 Å². The number of fused-ring (bicyclic) bond motifs is 4. The molecule has 3 heterocycles. The Hall–Kier alpha value is -3.99. The quantitative estimate of drug-likeness (QED) is 0.294. The summed E-state index contributed by atoms with van der Waals surface area (Å²) in [6, 6.07) is 22.0. The van der Waals surface area contributed by atoms with Gasteiger partial charge >= 0.3 is 0 Å². The summed E-state index contributed by atoms with van der Waals surface area (Å²) >= 11 is 0. The fourth-order valence-electron chi connectivity index (χ4n) is 5.25. The highest BCUT2D eigenvalue weighted by Gasteiger charge is 2.31. The first kappa shape index (κ1) is 20.6. The van der Waals surface area contributed by atoms with Gasteiger partial charge in [0.15, 0.2) is 0 Å². The van der Waals surface area contributed by atoms with Crippen molar-refractivity contribution in [3.63, 3.8) is 0 Å². The van der Waals surface area contributed by atoms with E-state index in [4.69, 9.17) is 4.74 Å². The molecule has 0 spiro atoms. The highest BCUT2D eigenvalue weighted by Crippen LogP contribution is 2.44. The normalized spacial score (nSPS) is 14.6. The topological polar surface area (TPSA) is 27.1 Å². The average molecular weight is 453 g/mol. The van der Waals surface area contributed by atoms with Crippen molar-refractivity contribution < 1.29 is 13.5 Å². The molecule has 3 aromatic carbocycles. The molecule has 0 bridgehead atoms. The number of methoxy groups -OCH3 is 1. The molecule has 3 nitrogen and oxygen atoms in total. The van der Waals surface area contributed by atoms with Gasteiger partial charge in [-0.3, -0.25) is 4.98 Å². The third-order valence-electron chi connectivity index (χ3n) is 6.82. The van der Waals surface area contributed by atoms with Gasteiger partial charge in [-0.25, -0.2) is 8.78 Å². The van der Waals surface area contributed by atoms with Gasteiger partial charge < -0.3 is 9.30 Å². The summed E-state index contributed by atoms with van der Waals surface area (Å²) in [5, 5.41) is 1.23. The Balaban J connectivity index is 1.58. The second-order valence-corrected chi connectivity index (χ2v) is 8.75. The third-order valence-corrected chi connectivity index (χ3v) is 6.82. The molecule has 0 amide bonds. The second-order valence-electron chi connectivity index (χ2n) is 8.75. The molecule has 1 aliphatic heterocycles. The summed E-state index contributed by atoms with van der Waals surface area (Å²) < 4.78 is 35.5. The van der Waals surface area contributed by atoms with Gasteiger partial charge in [-0.15, -0.1) is 0 Å². The number of para-hydroxylation sites is 1. The number of halogens is 2. The summed E-state index contributed by atoms with van der Waals surface area (Å²) in [4.78, 5) is 4.64. The van der Waals surface area contributed by atoms with E-state index in [0.717, 1.165) is 28.5 Å². The van der Waals surface area contributed by atoms with Crippen LogP contribution in [0.1, 0.15) is 33.9 Å². The molecular weight excluding hydrogens is 430 g/mol. The smallest absolute Gasteiger partial charge is 0.126 e. The van der Waals surface area contributed by atoms with Gasteiger partial charge in [-0.2, -0.15) is 0 Å². The van der Waals surface area contributed by atoms with E-state index >= 15 is 0 Å². The molecule has 34 heavy (non-hydrogen) atoms. The maximum absolute atomic E-state index is 13.9. The Labute approximate surface area is 196 Å². The van der Waals surface area contributed by atoms with Gasteiger partial charge in [0.2, 0.25) is 0 Å². The van der Waals surface area contributed by atoms with Crippen molar-refractivity contribution in [1.82, 2.24) is 9.55 Å². The lowest BCUT2D eigenvalue weighted by molar-refractivity contribution is 0.414. The first-order valence-electron chi connectivity index (χ1n) is 11.2. The van der Waals surface area contributed by atoms with Gasteiger partial charge in [0.05, 0.1) is 18.7 Å². The van der Waals surface area contributed by atoms with Gasteiger partial charge in [0, 0.05) is 41.0 Å². The predicted octanol–water partition coefficient (Wildman–Crippen LogP) is 6.84. The SMILES string of the molecule is COc1ccc(C2c3cnc(-c4cc(F)cc(F)c4)cc3Cn3c2c(C)c2ccccc23)cc1. The van der Waals surface area contributed by atoms with Crippen LogP contribution in [0.2, 0.25) is 0 Å². The molecular formula is C29H22F2N2O. The molecule has 0 N–H and O–H groups in total. The molecule has 1 aliphatic rings. The first-order valence-corrected chi connectivity index (χ1v) is 11.2. The van der Waals surface area contributed by atoms with Crippen LogP contribution in [0.5, 0.6) is 5.75 Å². The van der Waals surface area contributed by atoms with Crippen molar-refractivity contribution in [1.29, 1.82) is 0 Å². The average Bonchev–Trinajstić information content (AvgIpc) is 3.13. The number of nitrogens with zero attached hydrogens (tertiary/aromatic N) is 2. The summed E-state index contributed by atoms with van der Waals surface area (Å²) in [5.41, 5.74) is 7.98. The molecule has 1 unspecified atom stereocenters. The zero-order valence-electron chi connectivity index (χ0n) is 18.8. The second kappa shape index (κ2) is 7.80. The van der Waals surface area contributed by atoms with Crippen LogP contribution in [0.15, 0.2) is 79.0 Å². The summed E-state index contributed by atoms with van der Waals surface area (Å²) in [5.74, 6) is -0.439. The maximum atomic E-state index is 13.9. The van der Waals surface area contributed by atoms with E-state index < -0.39 is 11.6 Å². The number of hydrogen-bond acceptors (Lipinski definition) is 2. The zero-order valence-corrected chi connectivity index (χ0v) is 18.8. The number of aryl methyl sites for hydroxylation is 1. The van der Waals surface area contributed by atoms with Crippen LogP contribution < -0.4 is 4.74 Å². The van der Waals surface area contributed by atoms with Crippen LogP contribution in [0.4, 0.5) is 8.78 Å². The number of pyridine rings is 1. The van der Waals surface area contributed by atoms with Crippen molar-refractivity contribution in [2.45, 2.75) is 19.4 Å². The number of aromatic nitrogens is 2. The highest BCUT2D eigenvalue weighted by atomic mass is 19.1. The molecule has 1 atom stereocenters.